The lowest BCUT2D eigenvalue weighted by molar-refractivity contribution is 0.0497. The number of aromatic nitrogens is 3. The number of hydrogen-bond acceptors (Lipinski definition) is 9. The number of hydrogen-bond donors (Lipinski definition) is 2. The molecule has 0 saturated carbocycles. The fraction of sp³-hybridized carbons (Fsp3) is 0.481. The van der Waals surface area contributed by atoms with Gasteiger partial charge < -0.3 is 29.6 Å². The van der Waals surface area contributed by atoms with E-state index in [9.17, 15) is 9.59 Å². The number of rotatable bonds is 6. The monoisotopic (exact) mass is 525 g/mol. The SMILES string of the molecule is COc1cc(OC)c(C)c(-c2cc3cnc(N[C@@H]4COC[C@@H]4NC(=O)OC(C)(C)C)nc3n(C)c2=O)c1C. The first-order valence-electron chi connectivity index (χ1n) is 12.4. The quantitative estimate of drug-likeness (QED) is 0.498. The average molecular weight is 526 g/mol. The number of nitrogens with zero attached hydrogens (tertiary/aromatic N) is 3. The molecule has 1 aliphatic rings. The molecule has 0 spiro atoms. The first-order valence-corrected chi connectivity index (χ1v) is 12.4. The zero-order valence-electron chi connectivity index (χ0n) is 23.1. The van der Waals surface area contributed by atoms with Gasteiger partial charge >= 0.3 is 6.09 Å². The normalized spacial score (nSPS) is 17.4. The molecule has 2 atom stereocenters. The van der Waals surface area contributed by atoms with Crippen molar-refractivity contribution in [2.45, 2.75) is 52.3 Å². The minimum Gasteiger partial charge on any atom is -0.496 e. The van der Waals surface area contributed by atoms with E-state index in [0.29, 0.717) is 47.3 Å². The summed E-state index contributed by atoms with van der Waals surface area (Å²) in [5.74, 6) is 1.59. The molecule has 1 saturated heterocycles. The van der Waals surface area contributed by atoms with E-state index >= 15 is 0 Å². The summed E-state index contributed by atoms with van der Waals surface area (Å²) >= 11 is 0. The number of fused-ring (bicyclic) bond motifs is 1. The average Bonchev–Trinajstić information content (AvgIpc) is 3.27. The van der Waals surface area contributed by atoms with Crippen molar-refractivity contribution in [1.82, 2.24) is 19.9 Å². The van der Waals surface area contributed by atoms with Crippen molar-refractivity contribution in [3.8, 4) is 22.6 Å². The van der Waals surface area contributed by atoms with E-state index in [1.807, 2.05) is 19.9 Å². The third-order valence-corrected chi connectivity index (χ3v) is 6.51. The summed E-state index contributed by atoms with van der Waals surface area (Å²) in [6, 6.07) is 3.01. The van der Waals surface area contributed by atoms with Crippen LogP contribution in [0.1, 0.15) is 31.9 Å². The van der Waals surface area contributed by atoms with Crippen molar-refractivity contribution in [2.24, 2.45) is 7.05 Å². The maximum atomic E-state index is 13.5. The molecule has 4 rings (SSSR count). The summed E-state index contributed by atoms with van der Waals surface area (Å²) in [6.45, 7) is 9.93. The highest BCUT2D eigenvalue weighted by Gasteiger charge is 2.32. The van der Waals surface area contributed by atoms with Crippen LogP contribution in [-0.4, -0.2) is 65.7 Å². The van der Waals surface area contributed by atoms with Gasteiger partial charge in [0, 0.05) is 35.8 Å². The fourth-order valence-electron chi connectivity index (χ4n) is 4.65. The highest BCUT2D eigenvalue weighted by atomic mass is 16.6. The van der Waals surface area contributed by atoms with Crippen molar-refractivity contribution >= 4 is 23.1 Å². The van der Waals surface area contributed by atoms with Crippen LogP contribution in [0.25, 0.3) is 22.2 Å². The van der Waals surface area contributed by atoms with Gasteiger partial charge in [-0.15, -0.1) is 0 Å². The van der Waals surface area contributed by atoms with Crippen LogP contribution in [0, 0.1) is 13.8 Å². The first-order chi connectivity index (χ1) is 17.9. The Labute approximate surface area is 221 Å². The van der Waals surface area contributed by atoms with Crippen molar-refractivity contribution in [3.05, 3.63) is 39.8 Å². The van der Waals surface area contributed by atoms with Crippen LogP contribution in [0.15, 0.2) is 23.1 Å². The van der Waals surface area contributed by atoms with Crippen molar-refractivity contribution in [3.63, 3.8) is 0 Å². The highest BCUT2D eigenvalue weighted by Crippen LogP contribution is 2.38. The molecule has 0 radical (unpaired) electrons. The van der Waals surface area contributed by atoms with E-state index in [2.05, 4.69) is 20.6 Å². The topological polar surface area (TPSA) is 126 Å². The Bertz CT molecular complexity index is 1400. The molecule has 2 aromatic heterocycles. The van der Waals surface area contributed by atoms with Gasteiger partial charge in [-0.1, -0.05) is 0 Å². The molecule has 1 aromatic carbocycles. The first kappa shape index (κ1) is 27.2. The lowest BCUT2D eigenvalue weighted by atomic mass is 9.94. The summed E-state index contributed by atoms with van der Waals surface area (Å²) in [6.07, 6.45) is 1.15. The van der Waals surface area contributed by atoms with Gasteiger partial charge in [0.1, 0.15) is 22.7 Å². The van der Waals surface area contributed by atoms with Crippen LogP contribution in [-0.2, 0) is 16.5 Å². The Kier molecular flexibility index (Phi) is 7.50. The van der Waals surface area contributed by atoms with E-state index in [1.54, 1.807) is 54.3 Å². The Balaban J connectivity index is 1.66. The maximum Gasteiger partial charge on any atom is 0.408 e. The van der Waals surface area contributed by atoms with Gasteiger partial charge in [-0.3, -0.25) is 9.36 Å². The van der Waals surface area contributed by atoms with Gasteiger partial charge in [-0.25, -0.2) is 9.78 Å². The van der Waals surface area contributed by atoms with E-state index in [4.69, 9.17) is 18.9 Å². The predicted octanol–water partition coefficient (Wildman–Crippen LogP) is 3.33. The van der Waals surface area contributed by atoms with Gasteiger partial charge in [-0.2, -0.15) is 4.98 Å². The van der Waals surface area contributed by atoms with Crippen LogP contribution >= 0.6 is 0 Å². The number of alkyl carbamates (subject to hydrolysis) is 1. The summed E-state index contributed by atoms with van der Waals surface area (Å²) in [5.41, 5.74) is 2.59. The van der Waals surface area contributed by atoms with Crippen LogP contribution in [0.3, 0.4) is 0 Å². The number of ether oxygens (including phenoxy) is 4. The molecule has 0 bridgehead atoms. The Morgan fingerprint density at radius 1 is 1.08 bits per heavy atom. The van der Waals surface area contributed by atoms with Gasteiger partial charge in [0.25, 0.3) is 5.56 Å². The molecule has 2 N–H and O–H groups in total. The van der Waals surface area contributed by atoms with Crippen molar-refractivity contribution in [2.75, 3.05) is 32.8 Å². The van der Waals surface area contributed by atoms with Gasteiger partial charge in [0.15, 0.2) is 0 Å². The number of aryl methyl sites for hydroxylation is 1. The lowest BCUT2D eigenvalue weighted by Crippen LogP contribution is -2.47. The third kappa shape index (κ3) is 5.38. The van der Waals surface area contributed by atoms with Crippen LogP contribution in [0.5, 0.6) is 11.5 Å². The molecular weight excluding hydrogens is 490 g/mol. The molecule has 1 fully saturated rings. The molecule has 1 amide bonds. The predicted molar refractivity (Wildman–Crippen MR) is 144 cm³/mol. The number of carbonyl (C=O) groups is 1. The van der Waals surface area contributed by atoms with E-state index in [-0.39, 0.29) is 17.6 Å². The zero-order valence-corrected chi connectivity index (χ0v) is 23.1. The molecule has 38 heavy (non-hydrogen) atoms. The standard InChI is InChI=1S/C27H35N5O6/c1-14-20(35-7)10-21(36-8)15(2)22(14)17-9-16-11-28-25(31-23(16)32(6)24(17)33)29-18-12-37-13-19(18)30-26(34)38-27(3,4)5/h9-11,18-19H,12-13H2,1-8H3,(H,30,34)(H,28,29,31)/t18-,19+/m1/s1. The van der Waals surface area contributed by atoms with E-state index < -0.39 is 11.7 Å². The molecule has 0 unspecified atom stereocenters. The summed E-state index contributed by atoms with van der Waals surface area (Å²) < 4.78 is 23.5. The summed E-state index contributed by atoms with van der Waals surface area (Å²) in [5, 5.41) is 6.76. The highest BCUT2D eigenvalue weighted by molar-refractivity contribution is 5.84. The number of benzene rings is 1. The molecule has 11 heteroatoms. The molecule has 3 heterocycles. The number of pyridine rings is 1. The minimum atomic E-state index is -0.606. The zero-order chi connectivity index (χ0) is 27.8. The molecule has 3 aromatic rings. The van der Waals surface area contributed by atoms with Crippen LogP contribution in [0.2, 0.25) is 0 Å². The Hall–Kier alpha value is -3.86. The summed E-state index contributed by atoms with van der Waals surface area (Å²) in [4.78, 5) is 34.9. The van der Waals surface area contributed by atoms with Crippen molar-refractivity contribution in [1.29, 1.82) is 0 Å². The smallest absolute Gasteiger partial charge is 0.408 e. The number of nitrogens with one attached hydrogen (secondary N) is 2. The number of amides is 1. The van der Waals surface area contributed by atoms with Gasteiger partial charge in [-0.05, 0) is 51.8 Å². The fourth-order valence-corrected chi connectivity index (χ4v) is 4.65. The third-order valence-electron chi connectivity index (χ3n) is 6.51. The van der Waals surface area contributed by atoms with Crippen LogP contribution < -0.4 is 25.7 Å². The number of carbonyl (C=O) groups excluding carboxylic acids is 1. The van der Waals surface area contributed by atoms with Gasteiger partial charge in [0.2, 0.25) is 5.95 Å². The molecule has 204 valence electrons. The van der Waals surface area contributed by atoms with Crippen LogP contribution in [0.4, 0.5) is 10.7 Å². The second-order valence-corrected chi connectivity index (χ2v) is 10.3. The summed E-state index contributed by atoms with van der Waals surface area (Å²) in [7, 11) is 4.86. The molecule has 0 aliphatic carbocycles. The lowest BCUT2D eigenvalue weighted by Gasteiger charge is -2.24. The van der Waals surface area contributed by atoms with E-state index in [1.165, 1.54) is 4.57 Å². The van der Waals surface area contributed by atoms with E-state index in [0.717, 1.165) is 16.7 Å². The van der Waals surface area contributed by atoms with Crippen molar-refractivity contribution < 1.29 is 23.7 Å². The molecule has 1 aliphatic heterocycles. The Morgan fingerprint density at radius 3 is 2.32 bits per heavy atom. The second-order valence-electron chi connectivity index (χ2n) is 10.3. The Morgan fingerprint density at radius 2 is 1.71 bits per heavy atom. The minimum absolute atomic E-state index is 0.211. The molecule has 11 nitrogen and oxygen atoms in total. The number of methoxy groups -OCH3 is 2. The molecular formula is C27H35N5O6. The second kappa shape index (κ2) is 10.5. The maximum absolute atomic E-state index is 13.5. The van der Waals surface area contributed by atoms with Gasteiger partial charge in [0.05, 0.1) is 39.5 Å². The largest absolute Gasteiger partial charge is 0.496 e. The number of anilines is 1.